The maximum Gasteiger partial charge on any atom is 0.256 e. The van der Waals surface area contributed by atoms with Gasteiger partial charge in [0.15, 0.2) is 0 Å². The number of ether oxygens (including phenoxy) is 2. The second kappa shape index (κ2) is 7.44. The minimum Gasteiger partial charge on any atom is -0.493 e. The lowest BCUT2D eigenvalue weighted by Gasteiger charge is -2.29. The molecule has 2 aromatic rings. The summed E-state index contributed by atoms with van der Waals surface area (Å²) < 4.78 is 11.7. The van der Waals surface area contributed by atoms with Gasteiger partial charge in [0.1, 0.15) is 11.4 Å². The van der Waals surface area contributed by atoms with E-state index >= 15 is 0 Å². The molecule has 0 saturated heterocycles. The van der Waals surface area contributed by atoms with E-state index in [1.807, 2.05) is 50.2 Å². The maximum atomic E-state index is 13.0. The predicted molar refractivity (Wildman–Crippen MR) is 101 cm³/mol. The fourth-order valence-electron chi connectivity index (χ4n) is 3.23. The smallest absolute Gasteiger partial charge is 0.256 e. The van der Waals surface area contributed by atoms with Crippen molar-refractivity contribution in [3.8, 4) is 5.75 Å². The molecule has 1 aliphatic rings. The molecule has 0 radical (unpaired) electrons. The highest BCUT2D eigenvalue weighted by Gasteiger charge is 2.48. The van der Waals surface area contributed by atoms with Gasteiger partial charge in [-0.05, 0) is 51.2 Å². The Hall–Kier alpha value is -2.07. The molecule has 0 bridgehead atoms. The Balaban J connectivity index is 1.89. The Labute approximate surface area is 149 Å². The van der Waals surface area contributed by atoms with E-state index in [4.69, 9.17) is 9.47 Å². The lowest BCUT2D eigenvalue weighted by Crippen LogP contribution is -2.45. The highest BCUT2D eigenvalue weighted by molar-refractivity contribution is 6.06. The zero-order valence-electron chi connectivity index (χ0n) is 15.3. The molecule has 1 amide bonds. The maximum absolute atomic E-state index is 13.0. The fourth-order valence-corrected chi connectivity index (χ4v) is 3.23. The molecule has 1 atom stereocenters. The van der Waals surface area contributed by atoms with Crippen LogP contribution in [0.5, 0.6) is 5.75 Å². The number of carbonyl (C=O) groups is 1. The first-order valence-electron chi connectivity index (χ1n) is 9.20. The summed E-state index contributed by atoms with van der Waals surface area (Å²) in [5.41, 5.74) is 0.0476. The molecule has 134 valence electrons. The van der Waals surface area contributed by atoms with Crippen molar-refractivity contribution < 1.29 is 14.3 Å². The molecule has 0 aliphatic heterocycles. The van der Waals surface area contributed by atoms with Crippen LogP contribution in [0.15, 0.2) is 36.4 Å². The lowest BCUT2D eigenvalue weighted by molar-refractivity contribution is -0.142. The Morgan fingerprint density at radius 3 is 2.52 bits per heavy atom. The Bertz CT molecular complexity index is 754. The Morgan fingerprint density at radius 2 is 1.88 bits per heavy atom. The molecule has 3 rings (SSSR count). The van der Waals surface area contributed by atoms with Gasteiger partial charge in [-0.2, -0.15) is 0 Å². The predicted octanol–water partition coefficient (Wildman–Crippen LogP) is 4.77. The highest BCUT2D eigenvalue weighted by Crippen LogP contribution is 2.43. The van der Waals surface area contributed by atoms with E-state index in [-0.39, 0.29) is 5.91 Å². The molecule has 0 heterocycles. The molecule has 0 spiro atoms. The normalized spacial score (nSPS) is 16.4. The minimum atomic E-state index is -0.754. The largest absolute Gasteiger partial charge is 0.493 e. The van der Waals surface area contributed by atoms with Crippen molar-refractivity contribution in [3.63, 3.8) is 0 Å². The average Bonchev–Trinajstić information content (AvgIpc) is 3.47. The fraction of sp³-hybridized carbons (Fsp3) is 0.476. The number of hydrogen-bond acceptors (Lipinski definition) is 3. The molecule has 25 heavy (non-hydrogen) atoms. The van der Waals surface area contributed by atoms with E-state index < -0.39 is 5.60 Å². The van der Waals surface area contributed by atoms with Crippen LogP contribution in [-0.4, -0.2) is 24.7 Å². The van der Waals surface area contributed by atoms with Gasteiger partial charge in [-0.3, -0.25) is 4.79 Å². The summed E-state index contributed by atoms with van der Waals surface area (Å²) in [6.45, 7) is 7.17. The molecule has 1 aliphatic carbocycles. The third kappa shape index (κ3) is 3.64. The van der Waals surface area contributed by atoms with Gasteiger partial charge < -0.3 is 14.8 Å². The van der Waals surface area contributed by atoms with E-state index in [2.05, 4.69) is 12.2 Å². The number of carbonyl (C=O) groups excluding carboxylic acids is 1. The number of amides is 1. The standard InChI is InChI=1S/C21H27NO3/c1-4-14-25-21(3,15-10-11-15)20(23)22-18-12-13-19(24-5-2)17-9-7-6-8-16(17)18/h6-9,12-13,15H,4-5,10-11,14H2,1-3H3,(H,22,23)/t21-/m0/s1. The van der Waals surface area contributed by atoms with Crippen LogP contribution in [0.1, 0.15) is 40.0 Å². The quantitative estimate of drug-likeness (QED) is 0.752. The van der Waals surface area contributed by atoms with Gasteiger partial charge in [0, 0.05) is 23.1 Å². The Morgan fingerprint density at radius 1 is 1.16 bits per heavy atom. The highest BCUT2D eigenvalue weighted by atomic mass is 16.5. The third-order valence-corrected chi connectivity index (χ3v) is 4.85. The SMILES string of the molecule is CCCO[C@](C)(C(=O)Nc1ccc(OCC)c2ccccc12)C1CC1. The average molecular weight is 341 g/mol. The van der Waals surface area contributed by atoms with E-state index in [1.165, 1.54) is 0 Å². The zero-order valence-corrected chi connectivity index (χ0v) is 15.3. The summed E-state index contributed by atoms with van der Waals surface area (Å²) >= 11 is 0. The van der Waals surface area contributed by atoms with Crippen LogP contribution >= 0.6 is 0 Å². The molecule has 1 saturated carbocycles. The Kier molecular flexibility index (Phi) is 5.28. The summed E-state index contributed by atoms with van der Waals surface area (Å²) in [4.78, 5) is 13.0. The van der Waals surface area contributed by atoms with Crippen LogP contribution in [0, 0.1) is 5.92 Å². The number of rotatable bonds is 8. The molecule has 4 nitrogen and oxygen atoms in total. The second-order valence-corrected chi connectivity index (χ2v) is 6.77. The summed E-state index contributed by atoms with van der Waals surface area (Å²) in [5, 5.41) is 5.09. The summed E-state index contributed by atoms with van der Waals surface area (Å²) in [6.07, 6.45) is 3.01. The van der Waals surface area contributed by atoms with Gasteiger partial charge in [0.2, 0.25) is 0 Å². The zero-order chi connectivity index (χ0) is 17.9. The van der Waals surface area contributed by atoms with Crippen molar-refractivity contribution in [2.45, 2.75) is 45.6 Å². The van der Waals surface area contributed by atoms with E-state index in [0.717, 1.165) is 41.5 Å². The van der Waals surface area contributed by atoms with Crippen LogP contribution in [0.2, 0.25) is 0 Å². The molecule has 0 aromatic heterocycles. The van der Waals surface area contributed by atoms with Gasteiger partial charge in [0.25, 0.3) is 5.91 Å². The molecule has 1 fully saturated rings. The number of nitrogens with one attached hydrogen (secondary N) is 1. The van der Waals surface area contributed by atoms with Crippen LogP contribution in [0.3, 0.4) is 0 Å². The van der Waals surface area contributed by atoms with Gasteiger partial charge in [-0.15, -0.1) is 0 Å². The molecule has 1 N–H and O–H groups in total. The molecule has 2 aromatic carbocycles. The molecular weight excluding hydrogens is 314 g/mol. The topological polar surface area (TPSA) is 47.6 Å². The van der Waals surface area contributed by atoms with Crippen LogP contribution in [-0.2, 0) is 9.53 Å². The van der Waals surface area contributed by atoms with Gasteiger partial charge >= 0.3 is 0 Å². The van der Waals surface area contributed by atoms with Crippen molar-refractivity contribution in [3.05, 3.63) is 36.4 Å². The summed E-state index contributed by atoms with van der Waals surface area (Å²) in [7, 11) is 0. The number of benzene rings is 2. The number of anilines is 1. The number of fused-ring (bicyclic) bond motifs is 1. The molecule has 4 heteroatoms. The van der Waals surface area contributed by atoms with E-state index in [0.29, 0.717) is 19.1 Å². The first-order chi connectivity index (χ1) is 12.1. The monoisotopic (exact) mass is 341 g/mol. The first kappa shape index (κ1) is 17.7. The van der Waals surface area contributed by atoms with Crippen LogP contribution in [0.25, 0.3) is 10.8 Å². The van der Waals surface area contributed by atoms with E-state index in [1.54, 1.807) is 0 Å². The molecule has 0 unspecified atom stereocenters. The van der Waals surface area contributed by atoms with Crippen molar-refractivity contribution in [1.29, 1.82) is 0 Å². The molecular formula is C21H27NO3. The van der Waals surface area contributed by atoms with Gasteiger partial charge in [-0.25, -0.2) is 0 Å². The first-order valence-corrected chi connectivity index (χ1v) is 9.20. The van der Waals surface area contributed by atoms with Crippen LogP contribution < -0.4 is 10.1 Å². The lowest BCUT2D eigenvalue weighted by atomic mass is 9.98. The van der Waals surface area contributed by atoms with Crippen molar-refractivity contribution in [2.75, 3.05) is 18.5 Å². The van der Waals surface area contributed by atoms with Crippen molar-refractivity contribution in [1.82, 2.24) is 0 Å². The second-order valence-electron chi connectivity index (χ2n) is 6.77. The third-order valence-electron chi connectivity index (χ3n) is 4.85. The van der Waals surface area contributed by atoms with Crippen molar-refractivity contribution >= 4 is 22.4 Å². The minimum absolute atomic E-state index is 0.0576. The van der Waals surface area contributed by atoms with Gasteiger partial charge in [0.05, 0.1) is 6.61 Å². The summed E-state index contributed by atoms with van der Waals surface area (Å²) in [5.74, 6) is 1.09. The van der Waals surface area contributed by atoms with Crippen molar-refractivity contribution in [2.24, 2.45) is 5.92 Å². The van der Waals surface area contributed by atoms with Gasteiger partial charge in [-0.1, -0.05) is 31.2 Å². The van der Waals surface area contributed by atoms with E-state index in [9.17, 15) is 4.79 Å². The number of hydrogen-bond donors (Lipinski definition) is 1. The summed E-state index contributed by atoms with van der Waals surface area (Å²) in [6, 6.07) is 11.8. The van der Waals surface area contributed by atoms with Crippen LogP contribution in [0.4, 0.5) is 5.69 Å².